The third kappa shape index (κ3) is 4.64. The zero-order valence-electron chi connectivity index (χ0n) is 13.7. The number of halogens is 1. The normalized spacial score (nSPS) is 10.3. The fourth-order valence-electron chi connectivity index (χ4n) is 2.33. The minimum absolute atomic E-state index is 0.240. The average molecular weight is 397 g/mol. The van der Waals surface area contributed by atoms with Crippen LogP contribution in [0.3, 0.4) is 0 Å². The average Bonchev–Trinajstić information content (AvgIpc) is 2.62. The van der Waals surface area contributed by atoms with Crippen LogP contribution >= 0.6 is 15.9 Å². The van der Waals surface area contributed by atoms with Crippen molar-refractivity contribution in [2.24, 2.45) is 0 Å². The smallest absolute Gasteiger partial charge is 0.258 e. The highest BCUT2D eigenvalue weighted by Gasteiger charge is 2.10. The van der Waals surface area contributed by atoms with Gasteiger partial charge in [-0.05, 0) is 23.8 Å². The van der Waals surface area contributed by atoms with E-state index in [-0.39, 0.29) is 5.91 Å². The van der Waals surface area contributed by atoms with Crippen molar-refractivity contribution >= 4 is 33.5 Å². The number of carbonyl (C=O) groups excluding carboxylic acids is 1. The lowest BCUT2D eigenvalue weighted by Crippen LogP contribution is -2.20. The zero-order chi connectivity index (χ0) is 17.6. The van der Waals surface area contributed by atoms with Gasteiger partial charge in [-0.2, -0.15) is 0 Å². The summed E-state index contributed by atoms with van der Waals surface area (Å²) in [4.78, 5) is 22.8. The summed E-state index contributed by atoms with van der Waals surface area (Å²) in [5.41, 5.74) is 2.30. The minimum atomic E-state index is -0.240. The van der Waals surface area contributed by atoms with Crippen molar-refractivity contribution in [2.45, 2.75) is 6.54 Å². The van der Waals surface area contributed by atoms with E-state index >= 15 is 0 Å². The third-order valence-electron chi connectivity index (χ3n) is 3.59. The second-order valence-corrected chi connectivity index (χ2v) is 6.49. The molecule has 0 saturated heterocycles. The van der Waals surface area contributed by atoms with Gasteiger partial charge in [0.15, 0.2) is 0 Å². The molecule has 0 unspecified atom stereocenters. The molecule has 1 amide bonds. The maximum Gasteiger partial charge on any atom is 0.258 e. The molecular formula is C19H17BrN4O. The van der Waals surface area contributed by atoms with Crippen LogP contribution in [0, 0.1) is 0 Å². The predicted molar refractivity (Wildman–Crippen MR) is 103 cm³/mol. The van der Waals surface area contributed by atoms with Crippen molar-refractivity contribution in [2.75, 3.05) is 17.3 Å². The molecule has 25 heavy (non-hydrogen) atoms. The summed E-state index contributed by atoms with van der Waals surface area (Å²) in [7, 11) is 1.92. The van der Waals surface area contributed by atoms with Crippen molar-refractivity contribution in [1.29, 1.82) is 0 Å². The number of nitrogens with one attached hydrogen (secondary N) is 1. The molecule has 0 fully saturated rings. The number of rotatable bonds is 5. The van der Waals surface area contributed by atoms with Gasteiger partial charge in [-0.1, -0.05) is 52.3 Å². The van der Waals surface area contributed by atoms with E-state index in [0.29, 0.717) is 23.7 Å². The molecule has 2 aromatic carbocycles. The Morgan fingerprint density at radius 2 is 1.80 bits per heavy atom. The molecule has 3 aromatic rings. The number of nitrogens with zero attached hydrogens (tertiary/aromatic N) is 3. The molecule has 0 aliphatic rings. The van der Waals surface area contributed by atoms with Crippen LogP contribution in [0.1, 0.15) is 15.9 Å². The van der Waals surface area contributed by atoms with Gasteiger partial charge in [0.05, 0.1) is 5.56 Å². The number of hydrogen-bond donors (Lipinski definition) is 1. The van der Waals surface area contributed by atoms with E-state index in [1.165, 1.54) is 18.0 Å². The Morgan fingerprint density at radius 3 is 2.48 bits per heavy atom. The van der Waals surface area contributed by atoms with E-state index in [2.05, 4.69) is 43.3 Å². The van der Waals surface area contributed by atoms with E-state index in [1.807, 2.05) is 54.4 Å². The minimum Gasteiger partial charge on any atom is -0.340 e. The van der Waals surface area contributed by atoms with Crippen molar-refractivity contribution in [3.63, 3.8) is 0 Å². The highest BCUT2D eigenvalue weighted by Crippen LogP contribution is 2.17. The van der Waals surface area contributed by atoms with Crippen LogP contribution < -0.4 is 10.2 Å². The number of benzene rings is 2. The molecular weight excluding hydrogens is 380 g/mol. The fourth-order valence-corrected chi connectivity index (χ4v) is 2.73. The Labute approximate surface area is 154 Å². The van der Waals surface area contributed by atoms with Crippen LogP contribution in [-0.4, -0.2) is 22.9 Å². The molecule has 0 atom stereocenters. The Bertz CT molecular complexity index is 853. The second-order valence-electron chi connectivity index (χ2n) is 5.58. The van der Waals surface area contributed by atoms with Gasteiger partial charge in [0.25, 0.3) is 5.91 Å². The first kappa shape index (κ1) is 17.1. The van der Waals surface area contributed by atoms with Crippen LogP contribution in [-0.2, 0) is 6.54 Å². The van der Waals surface area contributed by atoms with Crippen LogP contribution in [0.5, 0.6) is 0 Å². The van der Waals surface area contributed by atoms with Crippen LogP contribution in [0.2, 0.25) is 0 Å². The molecule has 6 heteroatoms. The molecule has 0 spiro atoms. The molecule has 0 bridgehead atoms. The molecule has 3 rings (SSSR count). The lowest BCUT2D eigenvalue weighted by molar-refractivity contribution is 0.102. The number of aromatic nitrogens is 2. The Balaban J connectivity index is 1.66. The van der Waals surface area contributed by atoms with Gasteiger partial charge >= 0.3 is 0 Å². The summed E-state index contributed by atoms with van der Waals surface area (Å²) in [5, 5.41) is 2.83. The third-order valence-corrected chi connectivity index (χ3v) is 4.08. The molecule has 0 radical (unpaired) electrons. The lowest BCUT2D eigenvalue weighted by Gasteiger charge is -2.17. The van der Waals surface area contributed by atoms with Crippen molar-refractivity contribution in [3.8, 4) is 0 Å². The lowest BCUT2D eigenvalue weighted by atomic mass is 10.2. The first-order valence-electron chi connectivity index (χ1n) is 7.76. The highest BCUT2D eigenvalue weighted by molar-refractivity contribution is 9.10. The first-order chi connectivity index (χ1) is 12.1. The summed E-state index contributed by atoms with van der Waals surface area (Å²) in [6, 6.07) is 17.5. The molecule has 1 aromatic heterocycles. The molecule has 1 N–H and O–H groups in total. The largest absolute Gasteiger partial charge is 0.340 e. The standard InChI is InChI=1S/C19H17BrN4O/c1-24(13-14-6-3-2-4-7-14)19-21-11-15(12-22-19)18(25)23-17-9-5-8-16(20)10-17/h2-12H,13H2,1H3,(H,23,25). The quantitative estimate of drug-likeness (QED) is 0.704. The zero-order valence-corrected chi connectivity index (χ0v) is 15.3. The summed E-state index contributed by atoms with van der Waals surface area (Å²) >= 11 is 3.38. The topological polar surface area (TPSA) is 58.1 Å². The van der Waals surface area contributed by atoms with Crippen molar-refractivity contribution < 1.29 is 4.79 Å². The molecule has 1 heterocycles. The van der Waals surface area contributed by atoms with Crippen LogP contribution in [0.25, 0.3) is 0 Å². The molecule has 0 aliphatic heterocycles. The van der Waals surface area contributed by atoms with Crippen LogP contribution in [0.4, 0.5) is 11.6 Å². The molecule has 0 aliphatic carbocycles. The highest BCUT2D eigenvalue weighted by atomic mass is 79.9. The van der Waals surface area contributed by atoms with Gasteiger partial charge < -0.3 is 10.2 Å². The van der Waals surface area contributed by atoms with Crippen molar-refractivity contribution in [3.05, 3.63) is 82.6 Å². The molecule has 126 valence electrons. The monoisotopic (exact) mass is 396 g/mol. The molecule has 5 nitrogen and oxygen atoms in total. The predicted octanol–water partition coefficient (Wildman–Crippen LogP) is 4.13. The fraction of sp³-hybridized carbons (Fsp3) is 0.105. The first-order valence-corrected chi connectivity index (χ1v) is 8.55. The van der Waals surface area contributed by atoms with E-state index in [9.17, 15) is 4.79 Å². The van der Waals surface area contributed by atoms with Gasteiger partial charge in [-0.25, -0.2) is 9.97 Å². The maximum absolute atomic E-state index is 12.3. The van der Waals surface area contributed by atoms with Gasteiger partial charge in [0.2, 0.25) is 5.95 Å². The second kappa shape index (κ2) is 7.90. The van der Waals surface area contributed by atoms with Crippen LogP contribution in [0.15, 0.2) is 71.5 Å². The number of carbonyl (C=O) groups is 1. The number of hydrogen-bond acceptors (Lipinski definition) is 4. The van der Waals surface area contributed by atoms with E-state index < -0.39 is 0 Å². The van der Waals surface area contributed by atoms with E-state index in [4.69, 9.17) is 0 Å². The van der Waals surface area contributed by atoms with Gasteiger partial charge in [-0.15, -0.1) is 0 Å². The summed E-state index contributed by atoms with van der Waals surface area (Å²) in [6.07, 6.45) is 3.08. The van der Waals surface area contributed by atoms with Gasteiger partial charge in [0, 0.05) is 36.1 Å². The SMILES string of the molecule is CN(Cc1ccccc1)c1ncc(C(=O)Nc2cccc(Br)c2)cn1. The summed E-state index contributed by atoms with van der Waals surface area (Å²) < 4.78 is 0.902. The molecule has 0 saturated carbocycles. The van der Waals surface area contributed by atoms with Gasteiger partial charge in [0.1, 0.15) is 0 Å². The Hall–Kier alpha value is -2.73. The summed E-state index contributed by atoms with van der Waals surface area (Å²) in [6.45, 7) is 0.699. The van der Waals surface area contributed by atoms with Gasteiger partial charge in [-0.3, -0.25) is 4.79 Å². The number of amides is 1. The maximum atomic E-state index is 12.3. The Morgan fingerprint density at radius 1 is 1.08 bits per heavy atom. The number of anilines is 2. The van der Waals surface area contributed by atoms with E-state index in [1.54, 1.807) is 0 Å². The van der Waals surface area contributed by atoms with E-state index in [0.717, 1.165) is 4.47 Å². The van der Waals surface area contributed by atoms with Crippen molar-refractivity contribution in [1.82, 2.24) is 9.97 Å². The summed E-state index contributed by atoms with van der Waals surface area (Å²) in [5.74, 6) is 0.332. The Kier molecular flexibility index (Phi) is 5.40.